The summed E-state index contributed by atoms with van der Waals surface area (Å²) in [5, 5.41) is 6.43. The van der Waals surface area contributed by atoms with Crippen molar-refractivity contribution in [3.8, 4) is 5.75 Å². The average Bonchev–Trinajstić information content (AvgIpc) is 2.81. The van der Waals surface area contributed by atoms with Crippen LogP contribution in [0.2, 0.25) is 0 Å². The predicted molar refractivity (Wildman–Crippen MR) is 81.1 cm³/mol. The summed E-state index contributed by atoms with van der Waals surface area (Å²) in [5.41, 5.74) is 1.11. The summed E-state index contributed by atoms with van der Waals surface area (Å²) in [7, 11) is 1.68. The summed E-state index contributed by atoms with van der Waals surface area (Å²) in [4.78, 5) is 4.23. The Bertz CT molecular complexity index is 517. The summed E-state index contributed by atoms with van der Waals surface area (Å²) in [6, 6.07) is 4.03. The summed E-state index contributed by atoms with van der Waals surface area (Å²) in [5.74, 6) is 0.866. The highest BCUT2D eigenvalue weighted by atomic mass is 79.9. The van der Waals surface area contributed by atoms with E-state index in [2.05, 4.69) is 48.2 Å². The molecule has 0 spiro atoms. The van der Waals surface area contributed by atoms with Crippen molar-refractivity contribution in [2.24, 2.45) is 0 Å². The standard InChI is InChI=1S/C12H12Br2N2OS/c1-17-12-8(4-9(13)5-10(12)14)6-15-7-11-16-2-3-18-11/h2-5,15H,6-7H2,1H3. The average molecular weight is 392 g/mol. The van der Waals surface area contributed by atoms with Crippen LogP contribution >= 0.6 is 43.2 Å². The highest BCUT2D eigenvalue weighted by Gasteiger charge is 2.09. The molecule has 2 aromatic rings. The molecule has 0 amide bonds. The molecule has 0 saturated carbocycles. The molecule has 0 aliphatic rings. The van der Waals surface area contributed by atoms with Gasteiger partial charge in [0.05, 0.1) is 11.6 Å². The molecule has 0 aliphatic heterocycles. The number of halogens is 2. The minimum absolute atomic E-state index is 0.737. The topological polar surface area (TPSA) is 34.1 Å². The number of rotatable bonds is 5. The molecular weight excluding hydrogens is 380 g/mol. The number of aromatic nitrogens is 1. The highest BCUT2D eigenvalue weighted by Crippen LogP contribution is 2.32. The van der Waals surface area contributed by atoms with E-state index >= 15 is 0 Å². The zero-order chi connectivity index (χ0) is 13.0. The van der Waals surface area contributed by atoms with E-state index in [-0.39, 0.29) is 0 Å². The number of ether oxygens (including phenoxy) is 1. The van der Waals surface area contributed by atoms with Crippen molar-refractivity contribution in [2.45, 2.75) is 13.1 Å². The Morgan fingerprint density at radius 3 is 2.83 bits per heavy atom. The van der Waals surface area contributed by atoms with Gasteiger partial charge in [-0.2, -0.15) is 0 Å². The first-order valence-corrected chi connectivity index (χ1v) is 7.78. The summed E-state index contributed by atoms with van der Waals surface area (Å²) < 4.78 is 7.38. The maximum Gasteiger partial charge on any atom is 0.137 e. The molecule has 1 aromatic heterocycles. The van der Waals surface area contributed by atoms with Gasteiger partial charge in [-0.3, -0.25) is 0 Å². The Balaban J connectivity index is 2.04. The van der Waals surface area contributed by atoms with Crippen LogP contribution in [0.25, 0.3) is 0 Å². The van der Waals surface area contributed by atoms with Crippen LogP contribution in [0.5, 0.6) is 5.75 Å². The molecule has 0 saturated heterocycles. The second kappa shape index (κ2) is 6.65. The molecular formula is C12H12Br2N2OS. The fourth-order valence-electron chi connectivity index (χ4n) is 1.62. The summed E-state index contributed by atoms with van der Waals surface area (Å²) >= 11 is 8.63. The molecule has 1 aromatic carbocycles. The molecule has 2 rings (SSSR count). The molecule has 18 heavy (non-hydrogen) atoms. The number of hydrogen-bond acceptors (Lipinski definition) is 4. The Morgan fingerprint density at radius 1 is 1.33 bits per heavy atom. The molecule has 1 N–H and O–H groups in total. The normalized spacial score (nSPS) is 10.6. The van der Waals surface area contributed by atoms with Crippen molar-refractivity contribution in [2.75, 3.05) is 7.11 Å². The van der Waals surface area contributed by atoms with Gasteiger partial charge in [0.2, 0.25) is 0 Å². The van der Waals surface area contributed by atoms with E-state index in [1.807, 2.05) is 17.6 Å². The van der Waals surface area contributed by atoms with Gasteiger partial charge in [-0.15, -0.1) is 11.3 Å². The molecule has 1 heterocycles. The van der Waals surface area contributed by atoms with Crippen LogP contribution < -0.4 is 10.1 Å². The van der Waals surface area contributed by atoms with E-state index in [1.165, 1.54) is 0 Å². The van der Waals surface area contributed by atoms with Crippen molar-refractivity contribution >= 4 is 43.2 Å². The Morgan fingerprint density at radius 2 is 2.17 bits per heavy atom. The lowest BCUT2D eigenvalue weighted by Crippen LogP contribution is -2.13. The lowest BCUT2D eigenvalue weighted by molar-refractivity contribution is 0.405. The molecule has 0 fully saturated rings. The van der Waals surface area contributed by atoms with Gasteiger partial charge >= 0.3 is 0 Å². The largest absolute Gasteiger partial charge is 0.495 e. The predicted octanol–water partition coefficient (Wildman–Crippen LogP) is 3.97. The first-order chi connectivity index (χ1) is 8.70. The molecule has 0 unspecified atom stereocenters. The fourth-order valence-corrected chi connectivity index (χ4v) is 3.68. The van der Waals surface area contributed by atoms with Crippen molar-refractivity contribution in [1.82, 2.24) is 10.3 Å². The molecule has 3 nitrogen and oxygen atoms in total. The van der Waals surface area contributed by atoms with Gasteiger partial charge in [0.25, 0.3) is 0 Å². The number of methoxy groups -OCH3 is 1. The lowest BCUT2D eigenvalue weighted by atomic mass is 10.2. The van der Waals surface area contributed by atoms with Gasteiger partial charge in [-0.1, -0.05) is 15.9 Å². The zero-order valence-corrected chi connectivity index (χ0v) is 13.7. The maximum atomic E-state index is 5.40. The summed E-state index contributed by atoms with van der Waals surface area (Å²) in [6.45, 7) is 1.51. The Labute approximate surface area is 127 Å². The molecule has 6 heteroatoms. The Hall–Kier alpha value is -0.430. The second-order valence-electron chi connectivity index (χ2n) is 3.61. The third-order valence-corrected chi connectivity index (χ3v) is 4.19. The van der Waals surface area contributed by atoms with Crippen LogP contribution in [0.4, 0.5) is 0 Å². The van der Waals surface area contributed by atoms with E-state index in [4.69, 9.17) is 4.74 Å². The number of benzene rings is 1. The van der Waals surface area contributed by atoms with Gasteiger partial charge in [-0.05, 0) is 28.1 Å². The van der Waals surface area contributed by atoms with Crippen LogP contribution in [-0.4, -0.2) is 12.1 Å². The number of thiazole rings is 1. The van der Waals surface area contributed by atoms with Crippen molar-refractivity contribution in [3.05, 3.63) is 43.2 Å². The first kappa shape index (κ1) is 14.0. The SMILES string of the molecule is COc1c(Br)cc(Br)cc1CNCc1nccs1. The Kier molecular flexibility index (Phi) is 5.17. The monoisotopic (exact) mass is 390 g/mol. The van der Waals surface area contributed by atoms with Crippen LogP contribution in [-0.2, 0) is 13.1 Å². The van der Waals surface area contributed by atoms with Gasteiger partial charge in [0.1, 0.15) is 10.8 Å². The van der Waals surface area contributed by atoms with Gasteiger partial charge in [0, 0.05) is 34.7 Å². The van der Waals surface area contributed by atoms with Gasteiger partial charge in [-0.25, -0.2) is 4.98 Å². The van der Waals surface area contributed by atoms with E-state index in [1.54, 1.807) is 18.4 Å². The minimum atomic E-state index is 0.737. The van der Waals surface area contributed by atoms with Gasteiger partial charge < -0.3 is 10.1 Å². The first-order valence-electron chi connectivity index (χ1n) is 5.31. The molecule has 0 radical (unpaired) electrons. The van der Waals surface area contributed by atoms with E-state index in [0.29, 0.717) is 0 Å². The number of nitrogens with zero attached hydrogens (tertiary/aromatic N) is 1. The van der Waals surface area contributed by atoms with Crippen LogP contribution in [0.3, 0.4) is 0 Å². The fraction of sp³-hybridized carbons (Fsp3) is 0.250. The second-order valence-corrected chi connectivity index (χ2v) is 6.36. The van der Waals surface area contributed by atoms with Crippen molar-refractivity contribution in [3.63, 3.8) is 0 Å². The molecule has 0 aliphatic carbocycles. The lowest BCUT2D eigenvalue weighted by Gasteiger charge is -2.11. The highest BCUT2D eigenvalue weighted by molar-refractivity contribution is 9.11. The minimum Gasteiger partial charge on any atom is -0.495 e. The van der Waals surface area contributed by atoms with E-state index in [9.17, 15) is 0 Å². The van der Waals surface area contributed by atoms with Crippen LogP contribution in [0.15, 0.2) is 32.7 Å². The number of nitrogens with one attached hydrogen (secondary N) is 1. The molecule has 0 bridgehead atoms. The van der Waals surface area contributed by atoms with E-state index in [0.717, 1.165) is 38.4 Å². The van der Waals surface area contributed by atoms with Crippen molar-refractivity contribution in [1.29, 1.82) is 0 Å². The van der Waals surface area contributed by atoms with Gasteiger partial charge in [0.15, 0.2) is 0 Å². The van der Waals surface area contributed by atoms with Crippen LogP contribution in [0, 0.1) is 0 Å². The smallest absolute Gasteiger partial charge is 0.137 e. The molecule has 0 atom stereocenters. The third kappa shape index (κ3) is 3.54. The maximum absolute atomic E-state index is 5.40. The third-order valence-electron chi connectivity index (χ3n) is 2.36. The van der Waals surface area contributed by atoms with Crippen LogP contribution in [0.1, 0.15) is 10.6 Å². The zero-order valence-electron chi connectivity index (χ0n) is 9.74. The number of hydrogen-bond donors (Lipinski definition) is 1. The summed E-state index contributed by atoms with van der Waals surface area (Å²) in [6.07, 6.45) is 1.82. The quantitative estimate of drug-likeness (QED) is 0.837. The molecule has 96 valence electrons. The van der Waals surface area contributed by atoms with Crippen molar-refractivity contribution < 1.29 is 4.74 Å². The van der Waals surface area contributed by atoms with E-state index < -0.39 is 0 Å².